The lowest BCUT2D eigenvalue weighted by Crippen LogP contribution is -2.37. The van der Waals surface area contributed by atoms with E-state index in [0.29, 0.717) is 22.5 Å². The Balaban J connectivity index is 1.56. The quantitative estimate of drug-likeness (QED) is 0.617. The Morgan fingerprint density at radius 1 is 1.19 bits per heavy atom. The fourth-order valence-corrected chi connectivity index (χ4v) is 4.17. The van der Waals surface area contributed by atoms with Crippen molar-refractivity contribution in [1.29, 1.82) is 0 Å². The van der Waals surface area contributed by atoms with Crippen LogP contribution < -0.4 is 15.5 Å². The van der Waals surface area contributed by atoms with Crippen molar-refractivity contribution in [2.24, 2.45) is 0 Å². The van der Waals surface area contributed by atoms with Gasteiger partial charge in [-0.2, -0.15) is 0 Å². The van der Waals surface area contributed by atoms with E-state index in [4.69, 9.17) is 20.8 Å². The molecule has 2 heterocycles. The summed E-state index contributed by atoms with van der Waals surface area (Å²) in [5.41, 5.74) is 1.95. The predicted octanol–water partition coefficient (Wildman–Crippen LogP) is 4.33. The molecule has 0 unspecified atom stereocenters. The van der Waals surface area contributed by atoms with Crippen LogP contribution in [0.25, 0.3) is 11.0 Å². The molecule has 4 rings (SSSR count). The first-order valence-electron chi connectivity index (χ1n) is 10.4. The summed E-state index contributed by atoms with van der Waals surface area (Å²) in [5, 5.41) is 3.80. The van der Waals surface area contributed by atoms with E-state index in [0.717, 1.165) is 42.8 Å². The predicted molar refractivity (Wildman–Crippen MR) is 121 cm³/mol. The normalized spacial score (nSPS) is 15.2. The SMILES string of the molecule is COc1ccc([C@H](CNC(=O)c2cc(=O)c3cc(Cl)c(C)cc3o2)N2CCCC2)cc1. The summed E-state index contributed by atoms with van der Waals surface area (Å²) in [7, 11) is 1.64. The summed E-state index contributed by atoms with van der Waals surface area (Å²) in [6, 6.07) is 12.4. The molecule has 1 aliphatic rings. The van der Waals surface area contributed by atoms with Crippen LogP contribution in [0.4, 0.5) is 0 Å². The summed E-state index contributed by atoms with van der Waals surface area (Å²) in [5.74, 6) is 0.375. The number of hydrogen-bond donors (Lipinski definition) is 1. The van der Waals surface area contributed by atoms with Crippen LogP contribution in [0.5, 0.6) is 5.75 Å². The van der Waals surface area contributed by atoms with Crippen LogP contribution in [0.2, 0.25) is 5.02 Å². The lowest BCUT2D eigenvalue weighted by atomic mass is 10.1. The molecule has 3 aromatic rings. The molecule has 162 valence electrons. The van der Waals surface area contributed by atoms with Gasteiger partial charge in [-0.25, -0.2) is 0 Å². The van der Waals surface area contributed by atoms with Gasteiger partial charge in [0.05, 0.1) is 18.5 Å². The molecule has 6 nitrogen and oxygen atoms in total. The fraction of sp³-hybridized carbons (Fsp3) is 0.333. The van der Waals surface area contributed by atoms with Gasteiger partial charge in [0.15, 0.2) is 11.2 Å². The second-order valence-electron chi connectivity index (χ2n) is 7.81. The van der Waals surface area contributed by atoms with Gasteiger partial charge in [-0.3, -0.25) is 14.5 Å². The Morgan fingerprint density at radius 2 is 1.90 bits per heavy atom. The zero-order valence-corrected chi connectivity index (χ0v) is 18.4. The monoisotopic (exact) mass is 440 g/mol. The molecule has 1 aromatic heterocycles. The van der Waals surface area contributed by atoms with Gasteiger partial charge in [0.2, 0.25) is 0 Å². The number of carbonyl (C=O) groups is 1. The number of rotatable bonds is 6. The number of methoxy groups -OCH3 is 1. The molecule has 1 atom stereocenters. The maximum atomic E-state index is 12.8. The standard InChI is InChI=1S/C24H25ClN2O4/c1-15-11-22-18(12-19(15)25)21(28)13-23(31-22)24(29)26-14-20(27-9-3-4-10-27)16-5-7-17(30-2)8-6-16/h5-8,11-13,20H,3-4,9-10,14H2,1-2H3,(H,26,29)/t20-/m0/s1. The molecule has 0 spiro atoms. The third-order valence-corrected chi connectivity index (χ3v) is 6.18. The average molecular weight is 441 g/mol. The fourth-order valence-electron chi connectivity index (χ4n) is 4.00. The maximum absolute atomic E-state index is 12.8. The van der Waals surface area contributed by atoms with Crippen LogP contribution in [0, 0.1) is 6.92 Å². The van der Waals surface area contributed by atoms with Crippen LogP contribution in [0.1, 0.15) is 40.6 Å². The van der Waals surface area contributed by atoms with Gasteiger partial charge in [0.25, 0.3) is 5.91 Å². The minimum atomic E-state index is -0.413. The summed E-state index contributed by atoms with van der Waals surface area (Å²) < 4.78 is 11.0. The molecule has 0 radical (unpaired) electrons. The first-order chi connectivity index (χ1) is 15.0. The number of amides is 1. The van der Waals surface area contributed by atoms with Crippen LogP contribution in [0.3, 0.4) is 0 Å². The molecule has 0 bridgehead atoms. The highest BCUT2D eigenvalue weighted by molar-refractivity contribution is 6.32. The van der Waals surface area contributed by atoms with E-state index in [1.165, 1.54) is 6.07 Å². The van der Waals surface area contributed by atoms with Crippen molar-refractivity contribution in [3.63, 3.8) is 0 Å². The number of fused-ring (bicyclic) bond motifs is 1. The maximum Gasteiger partial charge on any atom is 0.287 e. The Bertz CT molecular complexity index is 1150. The zero-order chi connectivity index (χ0) is 22.0. The van der Waals surface area contributed by atoms with Crippen molar-refractivity contribution < 1.29 is 13.9 Å². The van der Waals surface area contributed by atoms with E-state index in [9.17, 15) is 9.59 Å². The van der Waals surface area contributed by atoms with Crippen LogP contribution >= 0.6 is 11.6 Å². The number of likely N-dealkylation sites (tertiary alicyclic amines) is 1. The molecular formula is C24H25ClN2O4. The number of aryl methyl sites for hydroxylation is 1. The topological polar surface area (TPSA) is 71.8 Å². The van der Waals surface area contributed by atoms with Gasteiger partial charge in [-0.15, -0.1) is 0 Å². The number of halogens is 1. The average Bonchev–Trinajstić information content (AvgIpc) is 3.30. The molecule has 1 aliphatic heterocycles. The second kappa shape index (κ2) is 9.12. The molecule has 1 N–H and O–H groups in total. The number of nitrogens with zero attached hydrogens (tertiary/aromatic N) is 1. The zero-order valence-electron chi connectivity index (χ0n) is 17.6. The van der Waals surface area contributed by atoms with Crippen molar-refractivity contribution in [3.8, 4) is 5.75 Å². The number of hydrogen-bond acceptors (Lipinski definition) is 5. The number of ether oxygens (including phenoxy) is 1. The van der Waals surface area contributed by atoms with E-state index >= 15 is 0 Å². The Kier molecular flexibility index (Phi) is 6.30. The highest BCUT2D eigenvalue weighted by Crippen LogP contribution is 2.27. The highest BCUT2D eigenvalue weighted by atomic mass is 35.5. The Hall–Kier alpha value is -2.83. The van der Waals surface area contributed by atoms with E-state index in [2.05, 4.69) is 10.2 Å². The number of carbonyl (C=O) groups excluding carboxylic acids is 1. The van der Waals surface area contributed by atoms with E-state index in [1.54, 1.807) is 19.2 Å². The second-order valence-corrected chi connectivity index (χ2v) is 8.22. The van der Waals surface area contributed by atoms with Crippen LogP contribution in [-0.4, -0.2) is 37.6 Å². The highest BCUT2D eigenvalue weighted by Gasteiger charge is 2.25. The summed E-state index contributed by atoms with van der Waals surface area (Å²) in [4.78, 5) is 27.7. The molecule has 1 saturated heterocycles. The van der Waals surface area contributed by atoms with Crippen LogP contribution in [0.15, 0.2) is 51.7 Å². The molecule has 0 aliphatic carbocycles. The van der Waals surface area contributed by atoms with E-state index in [1.807, 2.05) is 31.2 Å². The summed E-state index contributed by atoms with van der Waals surface area (Å²) in [6.07, 6.45) is 2.28. The molecule has 1 fully saturated rings. The molecule has 0 saturated carbocycles. The van der Waals surface area contributed by atoms with Gasteiger partial charge in [-0.1, -0.05) is 23.7 Å². The third-order valence-electron chi connectivity index (χ3n) is 5.77. The van der Waals surface area contributed by atoms with E-state index in [-0.39, 0.29) is 17.2 Å². The smallest absolute Gasteiger partial charge is 0.287 e. The first kappa shape index (κ1) is 21.4. The Labute approximate surface area is 185 Å². The number of nitrogens with one attached hydrogen (secondary N) is 1. The van der Waals surface area contributed by atoms with Gasteiger partial charge in [-0.05, 0) is 68.2 Å². The van der Waals surface area contributed by atoms with Gasteiger partial charge in [0, 0.05) is 17.6 Å². The molecule has 7 heteroatoms. The molecule has 1 amide bonds. The van der Waals surface area contributed by atoms with Crippen LogP contribution in [-0.2, 0) is 0 Å². The van der Waals surface area contributed by atoms with Crippen molar-refractivity contribution in [2.45, 2.75) is 25.8 Å². The lowest BCUT2D eigenvalue weighted by Gasteiger charge is -2.28. The minimum absolute atomic E-state index is 0.00544. The van der Waals surface area contributed by atoms with Crippen molar-refractivity contribution in [3.05, 3.63) is 74.6 Å². The minimum Gasteiger partial charge on any atom is -0.497 e. The Morgan fingerprint density at radius 3 is 2.58 bits per heavy atom. The van der Waals surface area contributed by atoms with Crippen molar-refractivity contribution in [2.75, 3.05) is 26.7 Å². The van der Waals surface area contributed by atoms with Crippen molar-refractivity contribution >= 4 is 28.5 Å². The molecular weight excluding hydrogens is 416 g/mol. The molecule has 31 heavy (non-hydrogen) atoms. The largest absolute Gasteiger partial charge is 0.497 e. The number of benzene rings is 2. The van der Waals surface area contributed by atoms with Gasteiger partial charge in [0.1, 0.15) is 11.3 Å². The first-order valence-corrected chi connectivity index (χ1v) is 10.7. The van der Waals surface area contributed by atoms with Gasteiger partial charge < -0.3 is 14.5 Å². The van der Waals surface area contributed by atoms with E-state index < -0.39 is 5.91 Å². The molecule has 2 aromatic carbocycles. The third kappa shape index (κ3) is 4.60. The lowest BCUT2D eigenvalue weighted by molar-refractivity contribution is 0.0910. The summed E-state index contributed by atoms with van der Waals surface area (Å²) in [6.45, 7) is 4.20. The van der Waals surface area contributed by atoms with Gasteiger partial charge >= 0.3 is 0 Å². The summed E-state index contributed by atoms with van der Waals surface area (Å²) >= 11 is 6.11. The van der Waals surface area contributed by atoms with Crippen molar-refractivity contribution in [1.82, 2.24) is 10.2 Å².